The lowest BCUT2D eigenvalue weighted by Crippen LogP contribution is -1.93. The fraction of sp³-hybridized carbons (Fsp3) is 0. The normalized spacial score (nSPS) is 10.1. The third-order valence-corrected chi connectivity index (χ3v) is 2.27. The Balaban J connectivity index is 2.34. The molecule has 2 aromatic carbocycles. The molecule has 2 N–H and O–H groups in total. The first-order valence-electron chi connectivity index (χ1n) is 4.64. The van der Waals surface area contributed by atoms with Crippen molar-refractivity contribution in [1.29, 1.82) is 0 Å². The molecule has 4 heteroatoms. The minimum atomic E-state index is -0.443. The number of rotatable bonds is 2. The summed E-state index contributed by atoms with van der Waals surface area (Å²) in [5, 5.41) is 0.487. The third kappa shape index (κ3) is 2.25. The lowest BCUT2D eigenvalue weighted by Gasteiger charge is -2.09. The van der Waals surface area contributed by atoms with E-state index in [1.54, 1.807) is 30.3 Å². The van der Waals surface area contributed by atoms with Gasteiger partial charge in [-0.25, -0.2) is 4.39 Å². The molecular weight excluding hydrogens is 229 g/mol. The zero-order valence-electron chi connectivity index (χ0n) is 8.28. The van der Waals surface area contributed by atoms with Crippen molar-refractivity contribution < 1.29 is 9.13 Å². The summed E-state index contributed by atoms with van der Waals surface area (Å²) in [4.78, 5) is 0. The summed E-state index contributed by atoms with van der Waals surface area (Å²) in [7, 11) is 0. The summed E-state index contributed by atoms with van der Waals surface area (Å²) >= 11 is 5.79. The molecule has 0 radical (unpaired) electrons. The summed E-state index contributed by atoms with van der Waals surface area (Å²) in [6.45, 7) is 0. The molecule has 0 bridgehead atoms. The van der Waals surface area contributed by atoms with Gasteiger partial charge in [-0.3, -0.25) is 0 Å². The fourth-order valence-corrected chi connectivity index (χ4v) is 1.40. The number of nitrogen functional groups attached to an aromatic ring is 1. The second-order valence-electron chi connectivity index (χ2n) is 3.21. The smallest absolute Gasteiger partial charge is 0.165 e. The van der Waals surface area contributed by atoms with Crippen molar-refractivity contribution in [3.8, 4) is 11.5 Å². The molecule has 0 aromatic heterocycles. The van der Waals surface area contributed by atoms with Crippen LogP contribution < -0.4 is 10.5 Å². The predicted octanol–water partition coefficient (Wildman–Crippen LogP) is 3.85. The summed E-state index contributed by atoms with van der Waals surface area (Å²) < 4.78 is 18.6. The Morgan fingerprint density at radius 3 is 2.56 bits per heavy atom. The minimum absolute atomic E-state index is 0.122. The Hall–Kier alpha value is -1.74. The van der Waals surface area contributed by atoms with Crippen LogP contribution in [-0.4, -0.2) is 0 Å². The van der Waals surface area contributed by atoms with Crippen LogP contribution >= 0.6 is 11.6 Å². The number of nitrogens with two attached hydrogens (primary N) is 1. The van der Waals surface area contributed by atoms with E-state index < -0.39 is 5.82 Å². The van der Waals surface area contributed by atoms with Gasteiger partial charge in [0.25, 0.3) is 0 Å². The highest BCUT2D eigenvalue weighted by Crippen LogP contribution is 2.31. The van der Waals surface area contributed by atoms with E-state index in [1.807, 2.05) is 0 Å². The lowest BCUT2D eigenvalue weighted by molar-refractivity contribution is 0.444. The zero-order chi connectivity index (χ0) is 11.5. The van der Waals surface area contributed by atoms with Gasteiger partial charge in [0.05, 0.1) is 5.69 Å². The molecule has 0 spiro atoms. The number of hydrogen-bond donors (Lipinski definition) is 1. The van der Waals surface area contributed by atoms with E-state index in [2.05, 4.69) is 0 Å². The van der Waals surface area contributed by atoms with Gasteiger partial charge in [-0.2, -0.15) is 0 Å². The van der Waals surface area contributed by atoms with Crippen molar-refractivity contribution in [2.45, 2.75) is 0 Å². The molecule has 82 valence electrons. The quantitative estimate of drug-likeness (QED) is 0.805. The standard InChI is InChI=1S/C12H9ClFNO/c13-8-5-6-10(15)12(7-8)16-11-4-2-1-3-9(11)14/h1-7H,15H2. The van der Waals surface area contributed by atoms with Gasteiger partial charge in [-0.15, -0.1) is 0 Å². The van der Waals surface area contributed by atoms with Crippen LogP contribution in [0.3, 0.4) is 0 Å². The Morgan fingerprint density at radius 2 is 1.81 bits per heavy atom. The maximum Gasteiger partial charge on any atom is 0.165 e. The highest BCUT2D eigenvalue weighted by atomic mass is 35.5. The monoisotopic (exact) mass is 237 g/mol. The molecule has 0 unspecified atom stereocenters. The van der Waals surface area contributed by atoms with Crippen molar-refractivity contribution in [3.05, 3.63) is 53.3 Å². The second kappa shape index (κ2) is 4.41. The zero-order valence-corrected chi connectivity index (χ0v) is 9.04. The van der Waals surface area contributed by atoms with E-state index in [1.165, 1.54) is 12.1 Å². The first-order chi connectivity index (χ1) is 7.66. The molecule has 0 heterocycles. The van der Waals surface area contributed by atoms with Gasteiger partial charge in [-0.1, -0.05) is 23.7 Å². The van der Waals surface area contributed by atoms with E-state index in [9.17, 15) is 4.39 Å². The van der Waals surface area contributed by atoms with Crippen LogP contribution in [0.25, 0.3) is 0 Å². The van der Waals surface area contributed by atoms with Crippen molar-refractivity contribution in [3.63, 3.8) is 0 Å². The number of ether oxygens (including phenoxy) is 1. The molecule has 2 rings (SSSR count). The molecule has 0 fully saturated rings. The highest BCUT2D eigenvalue weighted by molar-refractivity contribution is 6.30. The van der Waals surface area contributed by atoms with Gasteiger partial charge in [0.1, 0.15) is 0 Å². The maximum absolute atomic E-state index is 13.3. The molecule has 0 aliphatic heterocycles. The van der Waals surface area contributed by atoms with Crippen molar-refractivity contribution in [1.82, 2.24) is 0 Å². The number of halogens is 2. The molecule has 0 saturated heterocycles. The molecule has 16 heavy (non-hydrogen) atoms. The third-order valence-electron chi connectivity index (χ3n) is 2.03. The summed E-state index contributed by atoms with van der Waals surface area (Å²) in [5.41, 5.74) is 6.09. The Labute approximate surface area is 97.4 Å². The largest absolute Gasteiger partial charge is 0.452 e. The SMILES string of the molecule is Nc1ccc(Cl)cc1Oc1ccccc1F. The molecule has 0 atom stereocenters. The Kier molecular flexibility index (Phi) is 2.97. The molecule has 0 aliphatic rings. The van der Waals surface area contributed by atoms with E-state index in [0.717, 1.165) is 0 Å². The Morgan fingerprint density at radius 1 is 1.06 bits per heavy atom. The van der Waals surface area contributed by atoms with E-state index >= 15 is 0 Å². The van der Waals surface area contributed by atoms with Crippen molar-refractivity contribution in [2.75, 3.05) is 5.73 Å². The summed E-state index contributed by atoms with van der Waals surface area (Å²) in [6.07, 6.45) is 0. The van der Waals surface area contributed by atoms with Gasteiger partial charge >= 0.3 is 0 Å². The number of para-hydroxylation sites is 1. The van der Waals surface area contributed by atoms with Crippen LogP contribution in [0.2, 0.25) is 5.02 Å². The van der Waals surface area contributed by atoms with Gasteiger partial charge in [0.15, 0.2) is 17.3 Å². The number of hydrogen-bond acceptors (Lipinski definition) is 2. The molecule has 0 aliphatic carbocycles. The van der Waals surface area contributed by atoms with Gasteiger partial charge < -0.3 is 10.5 Å². The molecule has 0 amide bonds. The van der Waals surface area contributed by atoms with Crippen molar-refractivity contribution >= 4 is 17.3 Å². The lowest BCUT2D eigenvalue weighted by atomic mass is 10.3. The van der Waals surface area contributed by atoms with Gasteiger partial charge in [-0.05, 0) is 24.3 Å². The maximum atomic E-state index is 13.3. The number of anilines is 1. The average Bonchev–Trinajstić information content (AvgIpc) is 2.27. The van der Waals surface area contributed by atoms with Crippen LogP contribution in [0, 0.1) is 5.82 Å². The Bertz CT molecular complexity index is 516. The molecule has 0 saturated carbocycles. The van der Waals surface area contributed by atoms with E-state index in [4.69, 9.17) is 22.1 Å². The molecule has 2 aromatic rings. The van der Waals surface area contributed by atoms with Crippen LogP contribution in [0.5, 0.6) is 11.5 Å². The minimum Gasteiger partial charge on any atom is -0.452 e. The van der Waals surface area contributed by atoms with Crippen LogP contribution in [0.15, 0.2) is 42.5 Å². The average molecular weight is 238 g/mol. The first-order valence-corrected chi connectivity index (χ1v) is 5.02. The van der Waals surface area contributed by atoms with Crippen LogP contribution in [0.4, 0.5) is 10.1 Å². The van der Waals surface area contributed by atoms with Crippen molar-refractivity contribution in [2.24, 2.45) is 0 Å². The van der Waals surface area contributed by atoms with E-state index in [0.29, 0.717) is 16.5 Å². The second-order valence-corrected chi connectivity index (χ2v) is 3.65. The molecular formula is C12H9ClFNO. The summed E-state index contributed by atoms with van der Waals surface area (Å²) in [5.74, 6) is 0.0240. The first kappa shape index (κ1) is 10.8. The molecule has 2 nitrogen and oxygen atoms in total. The topological polar surface area (TPSA) is 35.2 Å². The predicted molar refractivity (Wildman–Crippen MR) is 62.3 cm³/mol. The fourth-order valence-electron chi connectivity index (χ4n) is 1.24. The van der Waals surface area contributed by atoms with Gasteiger partial charge in [0, 0.05) is 11.1 Å². The van der Waals surface area contributed by atoms with Crippen LogP contribution in [-0.2, 0) is 0 Å². The summed E-state index contributed by atoms with van der Waals surface area (Å²) in [6, 6.07) is 10.9. The van der Waals surface area contributed by atoms with Gasteiger partial charge in [0.2, 0.25) is 0 Å². The van der Waals surface area contributed by atoms with Crippen LogP contribution in [0.1, 0.15) is 0 Å². The number of benzene rings is 2. The highest BCUT2D eigenvalue weighted by Gasteiger charge is 2.06. The van der Waals surface area contributed by atoms with E-state index in [-0.39, 0.29) is 5.75 Å².